The summed E-state index contributed by atoms with van der Waals surface area (Å²) in [6, 6.07) is 4.74. The van der Waals surface area contributed by atoms with Crippen LogP contribution >= 0.6 is 0 Å². The van der Waals surface area contributed by atoms with E-state index < -0.39 is 29.4 Å². The van der Waals surface area contributed by atoms with Gasteiger partial charge in [-0.1, -0.05) is 6.07 Å². The van der Waals surface area contributed by atoms with Crippen LogP contribution in [0.15, 0.2) is 36.8 Å². The minimum absolute atomic E-state index is 0.00186. The van der Waals surface area contributed by atoms with Crippen molar-refractivity contribution in [2.45, 2.75) is 38.0 Å². The normalized spacial score (nSPS) is 19.8. The molecular formula is C19H18F4N4O. The van der Waals surface area contributed by atoms with Crippen molar-refractivity contribution in [2.75, 3.05) is 5.32 Å². The largest absolute Gasteiger partial charge is 0.392 e. The van der Waals surface area contributed by atoms with Crippen LogP contribution < -0.4 is 5.32 Å². The molecule has 148 valence electrons. The van der Waals surface area contributed by atoms with Crippen molar-refractivity contribution in [2.24, 2.45) is 5.92 Å². The molecule has 5 nitrogen and oxygen atoms in total. The summed E-state index contributed by atoms with van der Waals surface area (Å²) in [4.78, 5) is 8.22. The number of halogens is 4. The second-order valence-corrected chi connectivity index (χ2v) is 7.51. The summed E-state index contributed by atoms with van der Waals surface area (Å²) in [5.74, 6) is -2.45. The third-order valence-electron chi connectivity index (χ3n) is 4.86. The standard InChI is InChI=1S/C19H18F4N4O/c1-18(2,28)15-13(9-27-7-6-24-17(27)16(15)20)26-14-5-3-4-12(25-14)10-8-11(10)19(21,22)23/h3-7,9-11,28H,8H2,1-2H3,(H,25,26). The number of aromatic nitrogens is 3. The highest BCUT2D eigenvalue weighted by Crippen LogP contribution is 2.55. The highest BCUT2D eigenvalue weighted by atomic mass is 19.4. The molecule has 3 aromatic rings. The Balaban J connectivity index is 1.70. The van der Waals surface area contributed by atoms with Crippen LogP contribution in [0.3, 0.4) is 0 Å². The molecule has 2 atom stereocenters. The summed E-state index contributed by atoms with van der Waals surface area (Å²) in [6.45, 7) is 2.88. The van der Waals surface area contributed by atoms with Crippen molar-refractivity contribution in [1.29, 1.82) is 0 Å². The van der Waals surface area contributed by atoms with Gasteiger partial charge in [-0.2, -0.15) is 13.2 Å². The Morgan fingerprint density at radius 3 is 2.64 bits per heavy atom. The average Bonchev–Trinajstić information content (AvgIpc) is 3.26. The first kappa shape index (κ1) is 18.7. The van der Waals surface area contributed by atoms with Crippen LogP contribution in [-0.2, 0) is 5.60 Å². The zero-order chi connectivity index (χ0) is 20.3. The van der Waals surface area contributed by atoms with Gasteiger partial charge in [0.05, 0.1) is 17.2 Å². The number of hydrogen-bond donors (Lipinski definition) is 2. The number of pyridine rings is 2. The average molecular weight is 394 g/mol. The summed E-state index contributed by atoms with van der Waals surface area (Å²) in [5, 5.41) is 13.4. The van der Waals surface area contributed by atoms with E-state index in [1.807, 2.05) is 0 Å². The fraction of sp³-hybridized carbons (Fsp3) is 0.368. The van der Waals surface area contributed by atoms with Crippen LogP contribution in [0.4, 0.5) is 29.1 Å². The Morgan fingerprint density at radius 1 is 1.25 bits per heavy atom. The Labute approximate surface area is 158 Å². The number of hydrogen-bond acceptors (Lipinski definition) is 4. The molecule has 0 spiro atoms. The van der Waals surface area contributed by atoms with Crippen LogP contribution in [0.1, 0.15) is 37.4 Å². The zero-order valence-corrected chi connectivity index (χ0v) is 15.1. The number of nitrogens with one attached hydrogen (secondary N) is 1. The Bertz CT molecular complexity index is 1040. The van der Waals surface area contributed by atoms with Gasteiger partial charge in [-0.15, -0.1) is 0 Å². The number of anilines is 2. The predicted octanol–water partition coefficient (Wildman–Crippen LogP) is 4.51. The Morgan fingerprint density at radius 2 is 2.00 bits per heavy atom. The summed E-state index contributed by atoms with van der Waals surface area (Å²) in [6.07, 6.45) is 0.325. The van der Waals surface area contributed by atoms with Crippen molar-refractivity contribution < 1.29 is 22.7 Å². The maximum atomic E-state index is 14.9. The van der Waals surface area contributed by atoms with E-state index in [4.69, 9.17) is 0 Å². The van der Waals surface area contributed by atoms with Gasteiger partial charge in [-0.3, -0.25) is 0 Å². The fourth-order valence-corrected chi connectivity index (χ4v) is 3.46. The highest BCUT2D eigenvalue weighted by molar-refractivity contribution is 5.65. The lowest BCUT2D eigenvalue weighted by Crippen LogP contribution is -2.21. The van der Waals surface area contributed by atoms with Gasteiger partial charge >= 0.3 is 6.18 Å². The Kier molecular flexibility index (Phi) is 4.11. The van der Waals surface area contributed by atoms with Gasteiger partial charge in [0.1, 0.15) is 5.82 Å². The summed E-state index contributed by atoms with van der Waals surface area (Å²) in [7, 11) is 0. The van der Waals surface area contributed by atoms with E-state index in [0.717, 1.165) is 0 Å². The molecule has 1 aliphatic carbocycles. The molecule has 3 aromatic heterocycles. The van der Waals surface area contributed by atoms with E-state index in [9.17, 15) is 22.7 Å². The van der Waals surface area contributed by atoms with Gasteiger partial charge in [0, 0.05) is 35.8 Å². The van der Waals surface area contributed by atoms with Gasteiger partial charge in [0.15, 0.2) is 11.5 Å². The van der Waals surface area contributed by atoms with Crippen LogP contribution in [0, 0.1) is 11.7 Å². The van der Waals surface area contributed by atoms with E-state index in [-0.39, 0.29) is 29.1 Å². The smallest absolute Gasteiger partial charge is 0.386 e. The molecule has 3 heterocycles. The zero-order valence-electron chi connectivity index (χ0n) is 15.1. The molecule has 28 heavy (non-hydrogen) atoms. The molecule has 0 amide bonds. The van der Waals surface area contributed by atoms with Gasteiger partial charge < -0.3 is 14.8 Å². The third-order valence-corrected chi connectivity index (χ3v) is 4.86. The van der Waals surface area contributed by atoms with E-state index in [2.05, 4.69) is 15.3 Å². The molecule has 0 radical (unpaired) electrons. The molecule has 1 aliphatic rings. The minimum atomic E-state index is -4.24. The van der Waals surface area contributed by atoms with Crippen molar-refractivity contribution in [1.82, 2.24) is 14.4 Å². The number of imidazole rings is 1. The first-order chi connectivity index (χ1) is 13.1. The lowest BCUT2D eigenvalue weighted by Gasteiger charge is -2.23. The monoisotopic (exact) mass is 394 g/mol. The van der Waals surface area contributed by atoms with Gasteiger partial charge in [-0.05, 0) is 32.4 Å². The second kappa shape index (κ2) is 6.16. The number of rotatable bonds is 4. The molecule has 1 fully saturated rings. The van der Waals surface area contributed by atoms with E-state index in [0.29, 0.717) is 5.69 Å². The third kappa shape index (κ3) is 3.30. The molecule has 9 heteroatoms. The molecule has 2 unspecified atom stereocenters. The number of aliphatic hydroxyl groups is 1. The van der Waals surface area contributed by atoms with Crippen molar-refractivity contribution in [3.05, 3.63) is 53.9 Å². The molecule has 1 saturated carbocycles. The van der Waals surface area contributed by atoms with Crippen molar-refractivity contribution in [3.63, 3.8) is 0 Å². The van der Waals surface area contributed by atoms with Crippen molar-refractivity contribution >= 4 is 17.2 Å². The van der Waals surface area contributed by atoms with E-state index >= 15 is 0 Å². The molecule has 0 bridgehead atoms. The Hall–Kier alpha value is -2.68. The lowest BCUT2D eigenvalue weighted by molar-refractivity contribution is -0.148. The maximum absolute atomic E-state index is 14.9. The molecule has 0 saturated heterocycles. The van der Waals surface area contributed by atoms with Crippen LogP contribution in [0.2, 0.25) is 0 Å². The maximum Gasteiger partial charge on any atom is 0.392 e. The molecule has 0 aliphatic heterocycles. The van der Waals surface area contributed by atoms with Crippen LogP contribution in [-0.4, -0.2) is 25.7 Å². The molecule has 2 N–H and O–H groups in total. The first-order valence-corrected chi connectivity index (χ1v) is 8.74. The molecule has 0 aromatic carbocycles. The second-order valence-electron chi connectivity index (χ2n) is 7.51. The highest BCUT2D eigenvalue weighted by Gasteiger charge is 2.56. The van der Waals surface area contributed by atoms with Crippen LogP contribution in [0.5, 0.6) is 0 Å². The molecule has 4 rings (SSSR count). The van der Waals surface area contributed by atoms with Gasteiger partial charge in [0.2, 0.25) is 0 Å². The summed E-state index contributed by atoms with van der Waals surface area (Å²) < 4.78 is 54.9. The van der Waals surface area contributed by atoms with Crippen LogP contribution in [0.25, 0.3) is 5.65 Å². The quantitative estimate of drug-likeness (QED) is 0.640. The lowest BCUT2D eigenvalue weighted by atomic mass is 9.97. The van der Waals surface area contributed by atoms with Crippen molar-refractivity contribution in [3.8, 4) is 0 Å². The SMILES string of the molecule is CC(C)(O)c1c(Nc2cccc(C3CC3C(F)(F)F)n2)cn2ccnc2c1F. The predicted molar refractivity (Wildman–Crippen MR) is 94.8 cm³/mol. The number of alkyl halides is 3. The van der Waals surface area contributed by atoms with Gasteiger partial charge in [0.25, 0.3) is 0 Å². The topological polar surface area (TPSA) is 62.5 Å². The summed E-state index contributed by atoms with van der Waals surface area (Å²) >= 11 is 0. The summed E-state index contributed by atoms with van der Waals surface area (Å²) in [5.41, 5.74) is -0.867. The van der Waals surface area contributed by atoms with E-state index in [1.54, 1.807) is 30.6 Å². The van der Waals surface area contributed by atoms with Gasteiger partial charge in [-0.25, -0.2) is 14.4 Å². The molecular weight excluding hydrogens is 376 g/mol. The number of nitrogens with zero attached hydrogens (tertiary/aromatic N) is 3. The number of fused-ring (bicyclic) bond motifs is 1. The fourth-order valence-electron chi connectivity index (χ4n) is 3.46. The first-order valence-electron chi connectivity index (χ1n) is 8.74. The van der Waals surface area contributed by atoms with E-state index in [1.165, 1.54) is 24.4 Å². The minimum Gasteiger partial charge on any atom is -0.386 e.